The molecule has 0 saturated carbocycles. The highest BCUT2D eigenvalue weighted by atomic mass is 16.5. The van der Waals surface area contributed by atoms with E-state index in [2.05, 4.69) is 17.2 Å². The summed E-state index contributed by atoms with van der Waals surface area (Å²) < 4.78 is 5.06. The van der Waals surface area contributed by atoms with Gasteiger partial charge in [0.25, 0.3) is 0 Å². The molecular weight excluding hydrogens is 240 g/mol. The van der Waals surface area contributed by atoms with Crippen molar-refractivity contribution in [2.24, 2.45) is 0 Å². The minimum Gasteiger partial charge on any atom is -0.507 e. The molecule has 1 atom stereocenters. The molecule has 1 aromatic heterocycles. The summed E-state index contributed by atoms with van der Waals surface area (Å²) in [5.41, 5.74) is 1.96. The first-order valence-corrected chi connectivity index (χ1v) is 6.20. The molecule has 0 saturated heterocycles. The summed E-state index contributed by atoms with van der Waals surface area (Å²) in [6.45, 7) is 2.66. The largest absolute Gasteiger partial charge is 0.507 e. The number of hydrogen-bond acceptors (Lipinski definition) is 4. The molecule has 2 rings (SSSR count). The topological polar surface area (TPSA) is 54.4 Å². The van der Waals surface area contributed by atoms with E-state index in [1.807, 2.05) is 30.5 Å². The summed E-state index contributed by atoms with van der Waals surface area (Å²) in [6, 6.07) is 9.43. The number of methoxy groups -OCH3 is 1. The number of nitrogens with zero attached hydrogens (tertiary/aromatic N) is 1. The molecule has 0 aliphatic heterocycles. The first-order chi connectivity index (χ1) is 9.20. The number of phenols is 1. The van der Waals surface area contributed by atoms with E-state index in [4.69, 9.17) is 4.74 Å². The Morgan fingerprint density at radius 2 is 2.21 bits per heavy atom. The van der Waals surface area contributed by atoms with Crippen molar-refractivity contribution >= 4 is 0 Å². The minimum atomic E-state index is 0.176. The van der Waals surface area contributed by atoms with Gasteiger partial charge in [0.15, 0.2) is 0 Å². The molecule has 100 valence electrons. The van der Waals surface area contributed by atoms with E-state index >= 15 is 0 Å². The zero-order valence-corrected chi connectivity index (χ0v) is 11.1. The fourth-order valence-corrected chi connectivity index (χ4v) is 1.83. The van der Waals surface area contributed by atoms with Crippen LogP contribution in [0.15, 0.2) is 42.7 Å². The van der Waals surface area contributed by atoms with Gasteiger partial charge in [0, 0.05) is 36.6 Å². The quantitative estimate of drug-likeness (QED) is 0.865. The van der Waals surface area contributed by atoms with Crippen LogP contribution in [0, 0.1) is 0 Å². The Morgan fingerprint density at radius 3 is 2.84 bits per heavy atom. The second-order valence-electron chi connectivity index (χ2n) is 4.38. The molecule has 0 aliphatic carbocycles. The zero-order chi connectivity index (χ0) is 13.7. The molecule has 1 aromatic carbocycles. The van der Waals surface area contributed by atoms with Crippen molar-refractivity contribution in [3.05, 3.63) is 53.9 Å². The fourth-order valence-electron chi connectivity index (χ4n) is 1.83. The lowest BCUT2D eigenvalue weighted by Gasteiger charge is -2.14. The van der Waals surface area contributed by atoms with Crippen molar-refractivity contribution in [3.63, 3.8) is 0 Å². The van der Waals surface area contributed by atoms with Crippen LogP contribution in [-0.2, 0) is 6.54 Å². The summed E-state index contributed by atoms with van der Waals surface area (Å²) in [6.07, 6.45) is 3.59. The van der Waals surface area contributed by atoms with Gasteiger partial charge >= 0.3 is 0 Å². The molecule has 2 N–H and O–H groups in total. The normalized spacial score (nSPS) is 12.1. The van der Waals surface area contributed by atoms with Gasteiger partial charge in [0.2, 0.25) is 0 Å². The molecule has 0 unspecified atom stereocenters. The zero-order valence-electron chi connectivity index (χ0n) is 11.1. The Labute approximate surface area is 113 Å². The highest BCUT2D eigenvalue weighted by Crippen LogP contribution is 2.23. The molecule has 2 aromatic rings. The SMILES string of the molecule is COc1ccc(CN[C@H](C)c2cccnc2)c(O)c1. The lowest BCUT2D eigenvalue weighted by Crippen LogP contribution is -2.18. The van der Waals surface area contributed by atoms with Crippen molar-refractivity contribution in [3.8, 4) is 11.5 Å². The highest BCUT2D eigenvalue weighted by Gasteiger charge is 2.07. The van der Waals surface area contributed by atoms with Crippen LogP contribution in [0.1, 0.15) is 24.1 Å². The molecule has 0 aliphatic rings. The van der Waals surface area contributed by atoms with E-state index in [9.17, 15) is 5.11 Å². The molecule has 0 spiro atoms. The van der Waals surface area contributed by atoms with Gasteiger partial charge in [0.1, 0.15) is 11.5 Å². The van der Waals surface area contributed by atoms with Gasteiger partial charge < -0.3 is 15.2 Å². The van der Waals surface area contributed by atoms with Crippen LogP contribution in [0.2, 0.25) is 0 Å². The van der Waals surface area contributed by atoms with Gasteiger partial charge in [-0.2, -0.15) is 0 Å². The molecule has 0 radical (unpaired) electrons. The predicted octanol–water partition coefficient (Wildman–Crippen LogP) is 2.65. The smallest absolute Gasteiger partial charge is 0.123 e. The van der Waals surface area contributed by atoms with Crippen LogP contribution in [0.4, 0.5) is 0 Å². The maximum Gasteiger partial charge on any atom is 0.123 e. The summed E-state index contributed by atoms with van der Waals surface area (Å²) in [7, 11) is 1.58. The molecule has 4 heteroatoms. The molecule has 19 heavy (non-hydrogen) atoms. The Bertz CT molecular complexity index is 529. The van der Waals surface area contributed by atoms with Crippen molar-refractivity contribution in [2.75, 3.05) is 7.11 Å². The number of phenolic OH excluding ortho intramolecular Hbond substituents is 1. The van der Waals surface area contributed by atoms with E-state index in [1.165, 1.54) is 0 Å². The molecular formula is C15H18N2O2. The third-order valence-electron chi connectivity index (χ3n) is 3.08. The Morgan fingerprint density at radius 1 is 1.37 bits per heavy atom. The Balaban J connectivity index is 1.99. The number of hydrogen-bond donors (Lipinski definition) is 2. The van der Waals surface area contributed by atoms with E-state index in [0.717, 1.165) is 11.1 Å². The monoisotopic (exact) mass is 258 g/mol. The van der Waals surface area contributed by atoms with Crippen LogP contribution in [-0.4, -0.2) is 17.2 Å². The highest BCUT2D eigenvalue weighted by molar-refractivity contribution is 5.39. The third-order valence-corrected chi connectivity index (χ3v) is 3.08. The van der Waals surface area contributed by atoms with Crippen LogP contribution in [0.5, 0.6) is 11.5 Å². The Hall–Kier alpha value is -2.07. The summed E-state index contributed by atoms with van der Waals surface area (Å²) >= 11 is 0. The standard InChI is InChI=1S/C15H18N2O2/c1-11(12-4-3-7-16-9-12)17-10-13-5-6-14(19-2)8-15(13)18/h3-9,11,17-18H,10H2,1-2H3/t11-/m1/s1. The van der Waals surface area contributed by atoms with E-state index in [0.29, 0.717) is 12.3 Å². The maximum atomic E-state index is 9.87. The van der Waals surface area contributed by atoms with Crippen molar-refractivity contribution in [2.45, 2.75) is 19.5 Å². The number of rotatable bonds is 5. The van der Waals surface area contributed by atoms with Gasteiger partial charge in [-0.05, 0) is 24.6 Å². The van der Waals surface area contributed by atoms with Crippen LogP contribution in [0.3, 0.4) is 0 Å². The number of ether oxygens (including phenoxy) is 1. The molecule has 1 heterocycles. The third kappa shape index (κ3) is 3.45. The molecule has 0 bridgehead atoms. The fraction of sp³-hybridized carbons (Fsp3) is 0.267. The van der Waals surface area contributed by atoms with Crippen molar-refractivity contribution in [1.82, 2.24) is 10.3 Å². The summed E-state index contributed by atoms with van der Waals surface area (Å²) in [5.74, 6) is 0.895. The first kappa shape index (κ1) is 13.4. The van der Waals surface area contributed by atoms with Gasteiger partial charge in [-0.15, -0.1) is 0 Å². The van der Waals surface area contributed by atoms with E-state index < -0.39 is 0 Å². The van der Waals surface area contributed by atoms with Crippen LogP contribution >= 0.6 is 0 Å². The maximum absolute atomic E-state index is 9.87. The minimum absolute atomic E-state index is 0.176. The van der Waals surface area contributed by atoms with Gasteiger partial charge in [0.05, 0.1) is 7.11 Å². The van der Waals surface area contributed by atoms with E-state index in [1.54, 1.807) is 19.4 Å². The molecule has 4 nitrogen and oxygen atoms in total. The first-order valence-electron chi connectivity index (χ1n) is 6.20. The second kappa shape index (κ2) is 6.20. The van der Waals surface area contributed by atoms with Gasteiger partial charge in [-0.25, -0.2) is 0 Å². The number of pyridine rings is 1. The summed E-state index contributed by atoms with van der Waals surface area (Å²) in [4.78, 5) is 4.10. The molecule has 0 amide bonds. The van der Waals surface area contributed by atoms with Gasteiger partial charge in [-0.3, -0.25) is 4.98 Å². The lowest BCUT2D eigenvalue weighted by molar-refractivity contribution is 0.405. The number of benzene rings is 1. The summed E-state index contributed by atoms with van der Waals surface area (Å²) in [5, 5.41) is 13.2. The average Bonchev–Trinajstić information content (AvgIpc) is 2.46. The van der Waals surface area contributed by atoms with Crippen LogP contribution in [0.25, 0.3) is 0 Å². The second-order valence-corrected chi connectivity index (χ2v) is 4.38. The number of nitrogens with one attached hydrogen (secondary N) is 1. The average molecular weight is 258 g/mol. The number of aromatic nitrogens is 1. The Kier molecular flexibility index (Phi) is 4.36. The molecule has 0 fully saturated rings. The number of aromatic hydroxyl groups is 1. The lowest BCUT2D eigenvalue weighted by atomic mass is 10.1. The van der Waals surface area contributed by atoms with Crippen LogP contribution < -0.4 is 10.1 Å². The van der Waals surface area contributed by atoms with Crippen molar-refractivity contribution < 1.29 is 9.84 Å². The van der Waals surface area contributed by atoms with E-state index in [-0.39, 0.29) is 11.8 Å². The predicted molar refractivity (Wildman–Crippen MR) is 74.2 cm³/mol. The van der Waals surface area contributed by atoms with Gasteiger partial charge in [-0.1, -0.05) is 12.1 Å². The van der Waals surface area contributed by atoms with Crippen molar-refractivity contribution in [1.29, 1.82) is 0 Å².